The maximum Gasteiger partial charge on any atom is 0.262 e. The molecule has 0 aliphatic rings. The van der Waals surface area contributed by atoms with Gasteiger partial charge in [-0.1, -0.05) is 34.1 Å². The summed E-state index contributed by atoms with van der Waals surface area (Å²) < 4.78 is 0. The third kappa shape index (κ3) is 1.72. The first kappa shape index (κ1) is 8.95. The Hall–Kier alpha value is -1.14. The second kappa shape index (κ2) is 4.03. The van der Waals surface area contributed by atoms with E-state index in [0.717, 1.165) is 5.56 Å². The van der Waals surface area contributed by atoms with E-state index < -0.39 is 5.78 Å². The Morgan fingerprint density at radius 3 is 2.75 bits per heavy atom. The van der Waals surface area contributed by atoms with E-state index >= 15 is 0 Å². The summed E-state index contributed by atoms with van der Waals surface area (Å²) in [6, 6.07) is 8.65. The average Bonchev–Trinajstić information content (AvgIpc) is 2.16. The molecule has 1 aromatic rings. The zero-order chi connectivity index (χ0) is 8.97. The number of hydrogen-bond acceptors (Lipinski definition) is 2. The number of nitrogens with zero attached hydrogens (tertiary/aromatic N) is 1. The molecule has 2 nitrogen and oxygen atoms in total. The van der Waals surface area contributed by atoms with Crippen molar-refractivity contribution in [3.05, 3.63) is 35.4 Å². The number of halogens is 1. The molecule has 0 N–H and O–H groups in total. The van der Waals surface area contributed by atoms with Gasteiger partial charge < -0.3 is 0 Å². The molecule has 60 valence electrons. The lowest BCUT2D eigenvalue weighted by Crippen LogP contribution is -1.98. The summed E-state index contributed by atoms with van der Waals surface area (Å²) in [4.78, 5) is 11.0. The smallest absolute Gasteiger partial charge is 0.262 e. The number of ketones is 1. The van der Waals surface area contributed by atoms with Crippen molar-refractivity contribution in [1.82, 2.24) is 0 Å². The number of alkyl halides is 1. The second-order valence-corrected chi connectivity index (χ2v) is 2.79. The maximum atomic E-state index is 11.0. The number of Topliss-reactive ketones (excluding diaryl/α,β-unsaturated/α-hetero) is 1. The molecule has 0 saturated carbocycles. The summed E-state index contributed by atoms with van der Waals surface area (Å²) >= 11 is 3.24. The number of carbonyl (C=O) groups is 1. The number of carbonyl (C=O) groups excluding carboxylic acids is 1. The molecule has 0 atom stereocenters. The van der Waals surface area contributed by atoms with Gasteiger partial charge in [-0.15, -0.1) is 0 Å². The van der Waals surface area contributed by atoms with Gasteiger partial charge in [0.2, 0.25) is 0 Å². The Balaban J connectivity index is 3.15. The van der Waals surface area contributed by atoms with Gasteiger partial charge in [0.05, 0.1) is 0 Å². The summed E-state index contributed by atoms with van der Waals surface area (Å²) in [6.07, 6.45) is 0. The van der Waals surface area contributed by atoms with E-state index in [1.807, 2.05) is 12.1 Å². The molecule has 0 aliphatic carbocycles. The summed E-state index contributed by atoms with van der Waals surface area (Å²) in [5.74, 6) is -0.481. The zero-order valence-electron chi connectivity index (χ0n) is 6.25. The first-order chi connectivity index (χ1) is 5.79. The van der Waals surface area contributed by atoms with Crippen molar-refractivity contribution in [2.75, 3.05) is 0 Å². The van der Waals surface area contributed by atoms with E-state index in [0.29, 0.717) is 10.9 Å². The first-order valence-corrected chi connectivity index (χ1v) is 4.50. The van der Waals surface area contributed by atoms with Gasteiger partial charge in [0, 0.05) is 10.9 Å². The van der Waals surface area contributed by atoms with Crippen LogP contribution in [0.4, 0.5) is 0 Å². The highest BCUT2D eigenvalue weighted by molar-refractivity contribution is 9.08. The SMILES string of the molecule is N#CC(=O)c1ccccc1CBr. The van der Waals surface area contributed by atoms with Crippen molar-refractivity contribution in [3.63, 3.8) is 0 Å². The molecule has 0 saturated heterocycles. The molecule has 0 fully saturated rings. The van der Waals surface area contributed by atoms with Gasteiger partial charge in [-0.05, 0) is 11.6 Å². The molecule has 0 heterocycles. The monoisotopic (exact) mass is 223 g/mol. The molecule has 3 heteroatoms. The van der Waals surface area contributed by atoms with Gasteiger partial charge in [0.25, 0.3) is 5.78 Å². The van der Waals surface area contributed by atoms with Gasteiger partial charge in [-0.2, -0.15) is 5.26 Å². The Morgan fingerprint density at radius 2 is 2.17 bits per heavy atom. The van der Waals surface area contributed by atoms with Crippen LogP contribution in [-0.2, 0) is 5.33 Å². The molecule has 0 spiro atoms. The predicted molar refractivity (Wildman–Crippen MR) is 49.0 cm³/mol. The molecular formula is C9H6BrNO. The molecule has 0 aliphatic heterocycles. The fourth-order valence-corrected chi connectivity index (χ4v) is 1.41. The van der Waals surface area contributed by atoms with E-state index in [4.69, 9.17) is 5.26 Å². The molecule has 0 bridgehead atoms. The minimum atomic E-state index is -0.481. The molecule has 0 aromatic heterocycles. The number of hydrogen-bond donors (Lipinski definition) is 0. The topological polar surface area (TPSA) is 40.9 Å². The van der Waals surface area contributed by atoms with Crippen LogP contribution in [-0.4, -0.2) is 5.78 Å². The van der Waals surface area contributed by atoms with Crippen LogP contribution in [0.15, 0.2) is 24.3 Å². The fraction of sp³-hybridized carbons (Fsp3) is 0.111. The van der Waals surface area contributed by atoms with Gasteiger partial charge >= 0.3 is 0 Å². The summed E-state index contributed by atoms with van der Waals surface area (Å²) in [6.45, 7) is 0. The predicted octanol–water partition coefficient (Wildman–Crippen LogP) is 2.29. The van der Waals surface area contributed by atoms with Gasteiger partial charge in [-0.25, -0.2) is 0 Å². The van der Waals surface area contributed by atoms with Gasteiger partial charge in [0.15, 0.2) is 0 Å². The third-order valence-corrected chi connectivity index (χ3v) is 2.11. The van der Waals surface area contributed by atoms with E-state index in [9.17, 15) is 4.79 Å². The van der Waals surface area contributed by atoms with Crippen LogP contribution in [0.1, 0.15) is 15.9 Å². The normalized spacial score (nSPS) is 9.00. The lowest BCUT2D eigenvalue weighted by Gasteiger charge is -1.99. The van der Waals surface area contributed by atoms with Crippen molar-refractivity contribution in [2.24, 2.45) is 0 Å². The Labute approximate surface area is 78.9 Å². The van der Waals surface area contributed by atoms with Crippen molar-refractivity contribution in [2.45, 2.75) is 5.33 Å². The van der Waals surface area contributed by atoms with Crippen LogP contribution in [0.5, 0.6) is 0 Å². The van der Waals surface area contributed by atoms with Gasteiger partial charge in [0.1, 0.15) is 6.07 Å². The van der Waals surface area contributed by atoms with E-state index in [-0.39, 0.29) is 0 Å². The zero-order valence-corrected chi connectivity index (χ0v) is 7.84. The highest BCUT2D eigenvalue weighted by Crippen LogP contribution is 2.12. The Kier molecular flexibility index (Phi) is 3.01. The number of benzene rings is 1. The molecule has 0 unspecified atom stereocenters. The minimum Gasteiger partial charge on any atom is -0.277 e. The highest BCUT2D eigenvalue weighted by Gasteiger charge is 2.07. The third-order valence-electron chi connectivity index (χ3n) is 1.51. The lowest BCUT2D eigenvalue weighted by atomic mass is 10.1. The molecule has 12 heavy (non-hydrogen) atoms. The maximum absolute atomic E-state index is 11.0. The Morgan fingerprint density at radius 1 is 1.50 bits per heavy atom. The van der Waals surface area contributed by atoms with Crippen LogP contribution in [0, 0.1) is 11.3 Å². The summed E-state index contributed by atoms with van der Waals surface area (Å²) in [5, 5.41) is 8.99. The highest BCUT2D eigenvalue weighted by atomic mass is 79.9. The molecule has 0 amide bonds. The summed E-state index contributed by atoms with van der Waals surface area (Å²) in [5.41, 5.74) is 1.33. The van der Waals surface area contributed by atoms with Crippen molar-refractivity contribution >= 4 is 21.7 Å². The number of rotatable bonds is 2. The fourth-order valence-electron chi connectivity index (χ4n) is 0.919. The van der Waals surface area contributed by atoms with Crippen molar-refractivity contribution in [3.8, 4) is 6.07 Å². The van der Waals surface area contributed by atoms with Crippen LogP contribution >= 0.6 is 15.9 Å². The van der Waals surface area contributed by atoms with Crippen molar-refractivity contribution in [1.29, 1.82) is 5.26 Å². The largest absolute Gasteiger partial charge is 0.277 e. The van der Waals surface area contributed by atoms with Crippen LogP contribution in [0.3, 0.4) is 0 Å². The number of nitriles is 1. The lowest BCUT2D eigenvalue weighted by molar-refractivity contribution is 0.105. The average molecular weight is 224 g/mol. The van der Waals surface area contributed by atoms with E-state index in [2.05, 4.69) is 15.9 Å². The minimum absolute atomic E-state index is 0.481. The Bertz CT molecular complexity index is 341. The summed E-state index contributed by atoms with van der Waals surface area (Å²) in [7, 11) is 0. The van der Waals surface area contributed by atoms with Crippen LogP contribution in [0.25, 0.3) is 0 Å². The molecule has 1 rings (SSSR count). The molecular weight excluding hydrogens is 218 g/mol. The van der Waals surface area contributed by atoms with Crippen LogP contribution in [0.2, 0.25) is 0 Å². The second-order valence-electron chi connectivity index (χ2n) is 2.23. The molecule has 0 radical (unpaired) electrons. The standard InChI is InChI=1S/C9H6BrNO/c10-5-7-3-1-2-4-8(7)9(12)6-11/h1-4H,5H2. The van der Waals surface area contributed by atoms with Gasteiger partial charge in [-0.3, -0.25) is 4.79 Å². The quantitative estimate of drug-likeness (QED) is 0.439. The molecule has 1 aromatic carbocycles. The van der Waals surface area contributed by atoms with E-state index in [1.54, 1.807) is 18.2 Å². The first-order valence-electron chi connectivity index (χ1n) is 3.38. The van der Waals surface area contributed by atoms with Crippen molar-refractivity contribution < 1.29 is 4.79 Å². The van der Waals surface area contributed by atoms with E-state index in [1.165, 1.54) is 0 Å². The van der Waals surface area contributed by atoms with Crippen LogP contribution < -0.4 is 0 Å².